The zero-order chi connectivity index (χ0) is 16.5. The van der Waals surface area contributed by atoms with Gasteiger partial charge in [-0.25, -0.2) is 4.39 Å². The SMILES string of the molecule is Cl.NCCCCCCC(=O)N1CCC(Oc2ccc(F)cc2)CC1. The van der Waals surface area contributed by atoms with Gasteiger partial charge in [-0.1, -0.05) is 12.8 Å². The molecule has 0 spiro atoms. The first-order valence-electron chi connectivity index (χ1n) is 8.59. The molecule has 0 bridgehead atoms. The molecule has 1 aliphatic heterocycles. The van der Waals surface area contributed by atoms with E-state index in [0.717, 1.165) is 58.2 Å². The van der Waals surface area contributed by atoms with Crippen molar-refractivity contribution in [3.8, 4) is 5.75 Å². The maximum Gasteiger partial charge on any atom is 0.222 e. The molecule has 2 N–H and O–H groups in total. The second-order valence-electron chi connectivity index (χ2n) is 6.10. The fraction of sp³-hybridized carbons (Fsp3) is 0.611. The molecule has 1 fully saturated rings. The molecule has 2 rings (SSSR count). The normalized spacial score (nSPS) is 15.0. The standard InChI is InChI=1S/C18H27FN2O2.ClH/c19-15-6-8-16(9-7-15)23-17-10-13-21(14-11-17)18(22)5-3-1-2-4-12-20;/h6-9,17H,1-5,10-14,20H2;1H. The van der Waals surface area contributed by atoms with Crippen LogP contribution in [0.15, 0.2) is 24.3 Å². The van der Waals surface area contributed by atoms with Gasteiger partial charge in [0.1, 0.15) is 17.7 Å². The number of benzene rings is 1. The van der Waals surface area contributed by atoms with Gasteiger partial charge in [-0.15, -0.1) is 12.4 Å². The molecule has 1 aromatic rings. The molecule has 0 atom stereocenters. The molecule has 1 aliphatic rings. The third kappa shape index (κ3) is 7.05. The highest BCUT2D eigenvalue weighted by Gasteiger charge is 2.23. The minimum atomic E-state index is -0.260. The summed E-state index contributed by atoms with van der Waals surface area (Å²) in [5.74, 6) is 0.679. The van der Waals surface area contributed by atoms with Gasteiger partial charge in [0.25, 0.3) is 0 Å². The molecule has 1 amide bonds. The van der Waals surface area contributed by atoms with Crippen molar-refractivity contribution < 1.29 is 13.9 Å². The van der Waals surface area contributed by atoms with Crippen molar-refractivity contribution in [3.63, 3.8) is 0 Å². The van der Waals surface area contributed by atoms with E-state index in [9.17, 15) is 9.18 Å². The van der Waals surface area contributed by atoms with Crippen molar-refractivity contribution in [3.05, 3.63) is 30.1 Å². The van der Waals surface area contributed by atoms with E-state index in [2.05, 4.69) is 0 Å². The van der Waals surface area contributed by atoms with Crippen LogP contribution in [0.2, 0.25) is 0 Å². The summed E-state index contributed by atoms with van der Waals surface area (Å²) in [5, 5.41) is 0. The van der Waals surface area contributed by atoms with E-state index in [4.69, 9.17) is 10.5 Å². The van der Waals surface area contributed by atoms with Gasteiger partial charge < -0.3 is 15.4 Å². The van der Waals surface area contributed by atoms with Gasteiger partial charge in [0.2, 0.25) is 5.91 Å². The predicted octanol–water partition coefficient (Wildman–Crippen LogP) is 3.53. The Labute approximate surface area is 149 Å². The number of hydrogen-bond donors (Lipinski definition) is 1. The highest BCUT2D eigenvalue weighted by atomic mass is 35.5. The van der Waals surface area contributed by atoms with E-state index in [0.29, 0.717) is 12.2 Å². The van der Waals surface area contributed by atoms with E-state index in [1.54, 1.807) is 12.1 Å². The highest BCUT2D eigenvalue weighted by molar-refractivity contribution is 5.85. The zero-order valence-electron chi connectivity index (χ0n) is 14.1. The number of nitrogens with zero attached hydrogens (tertiary/aromatic N) is 1. The van der Waals surface area contributed by atoms with E-state index in [1.165, 1.54) is 12.1 Å². The molecule has 1 saturated heterocycles. The number of carbonyl (C=O) groups excluding carboxylic acids is 1. The van der Waals surface area contributed by atoms with Crippen LogP contribution in [0.5, 0.6) is 5.75 Å². The number of likely N-dealkylation sites (tertiary alicyclic amines) is 1. The minimum absolute atomic E-state index is 0. The monoisotopic (exact) mass is 358 g/mol. The lowest BCUT2D eigenvalue weighted by atomic mass is 10.1. The maximum absolute atomic E-state index is 12.9. The molecule has 0 saturated carbocycles. The molecule has 0 unspecified atom stereocenters. The van der Waals surface area contributed by atoms with Crippen molar-refractivity contribution in [1.82, 2.24) is 4.90 Å². The molecule has 0 radical (unpaired) electrons. The number of nitrogens with two attached hydrogens (primary N) is 1. The summed E-state index contributed by atoms with van der Waals surface area (Å²) in [6.07, 6.45) is 6.57. The van der Waals surface area contributed by atoms with Gasteiger partial charge in [-0.3, -0.25) is 4.79 Å². The van der Waals surface area contributed by atoms with Crippen LogP contribution >= 0.6 is 12.4 Å². The number of unbranched alkanes of at least 4 members (excludes halogenated alkanes) is 3. The molecule has 4 nitrogen and oxygen atoms in total. The molecule has 1 heterocycles. The van der Waals surface area contributed by atoms with Crippen LogP contribution in [0.1, 0.15) is 44.9 Å². The highest BCUT2D eigenvalue weighted by Crippen LogP contribution is 2.20. The fourth-order valence-corrected chi connectivity index (χ4v) is 2.86. The van der Waals surface area contributed by atoms with Gasteiger partial charge in [0.15, 0.2) is 0 Å². The van der Waals surface area contributed by atoms with Crippen LogP contribution in [0.25, 0.3) is 0 Å². The number of rotatable bonds is 8. The Hall–Kier alpha value is -1.33. The van der Waals surface area contributed by atoms with Crippen molar-refractivity contribution in [2.24, 2.45) is 5.73 Å². The molecule has 1 aromatic carbocycles. The predicted molar refractivity (Wildman–Crippen MR) is 96.0 cm³/mol. The van der Waals surface area contributed by atoms with Gasteiger partial charge in [0, 0.05) is 32.4 Å². The summed E-state index contributed by atoms with van der Waals surface area (Å²) in [6.45, 7) is 2.22. The Kier molecular flexibility index (Phi) is 9.72. The summed E-state index contributed by atoms with van der Waals surface area (Å²) in [5.41, 5.74) is 5.46. The minimum Gasteiger partial charge on any atom is -0.490 e. The molecule has 6 heteroatoms. The number of hydrogen-bond acceptors (Lipinski definition) is 3. The second kappa shape index (κ2) is 11.3. The topological polar surface area (TPSA) is 55.6 Å². The zero-order valence-corrected chi connectivity index (χ0v) is 14.9. The lowest BCUT2D eigenvalue weighted by Crippen LogP contribution is -2.41. The van der Waals surface area contributed by atoms with Crippen LogP contribution in [0, 0.1) is 5.82 Å². The lowest BCUT2D eigenvalue weighted by Gasteiger charge is -2.32. The first-order valence-corrected chi connectivity index (χ1v) is 8.59. The van der Waals surface area contributed by atoms with E-state index >= 15 is 0 Å². The van der Waals surface area contributed by atoms with Crippen molar-refractivity contribution in [2.45, 2.75) is 51.0 Å². The van der Waals surface area contributed by atoms with Crippen LogP contribution in [0.4, 0.5) is 4.39 Å². The summed E-state index contributed by atoms with van der Waals surface area (Å²) in [7, 11) is 0. The average Bonchev–Trinajstić information content (AvgIpc) is 2.57. The van der Waals surface area contributed by atoms with E-state index in [1.807, 2.05) is 4.90 Å². The van der Waals surface area contributed by atoms with Crippen molar-refractivity contribution in [1.29, 1.82) is 0 Å². The third-order valence-corrected chi connectivity index (χ3v) is 4.26. The number of halogens is 2. The van der Waals surface area contributed by atoms with Crippen LogP contribution in [0.3, 0.4) is 0 Å². The Morgan fingerprint density at radius 3 is 2.38 bits per heavy atom. The Bertz CT molecular complexity index is 476. The lowest BCUT2D eigenvalue weighted by molar-refractivity contribution is -0.133. The van der Waals surface area contributed by atoms with Crippen LogP contribution in [-0.2, 0) is 4.79 Å². The number of ether oxygens (including phenoxy) is 1. The van der Waals surface area contributed by atoms with Crippen molar-refractivity contribution in [2.75, 3.05) is 19.6 Å². The maximum atomic E-state index is 12.9. The van der Waals surface area contributed by atoms with Gasteiger partial charge in [-0.05, 0) is 43.7 Å². The van der Waals surface area contributed by atoms with E-state index < -0.39 is 0 Å². The largest absolute Gasteiger partial charge is 0.490 e. The molecule has 24 heavy (non-hydrogen) atoms. The molecular formula is C18H28ClFN2O2. The molecule has 0 aromatic heterocycles. The molecular weight excluding hydrogens is 331 g/mol. The van der Waals surface area contributed by atoms with Gasteiger partial charge in [0.05, 0.1) is 0 Å². The molecule has 136 valence electrons. The third-order valence-electron chi connectivity index (χ3n) is 4.26. The first-order chi connectivity index (χ1) is 11.2. The van der Waals surface area contributed by atoms with Crippen LogP contribution < -0.4 is 10.5 Å². The smallest absolute Gasteiger partial charge is 0.222 e. The summed E-state index contributed by atoms with van der Waals surface area (Å²) < 4.78 is 18.7. The molecule has 0 aliphatic carbocycles. The number of piperidine rings is 1. The quantitative estimate of drug-likeness (QED) is 0.723. The van der Waals surface area contributed by atoms with Crippen LogP contribution in [-0.4, -0.2) is 36.5 Å². The number of carbonyl (C=O) groups is 1. The Balaban J connectivity index is 0.00000288. The van der Waals surface area contributed by atoms with Crippen molar-refractivity contribution >= 4 is 18.3 Å². The fourth-order valence-electron chi connectivity index (χ4n) is 2.86. The second-order valence-corrected chi connectivity index (χ2v) is 6.10. The van der Waals surface area contributed by atoms with Gasteiger partial charge >= 0.3 is 0 Å². The number of amides is 1. The first kappa shape index (κ1) is 20.7. The Morgan fingerprint density at radius 1 is 1.12 bits per heavy atom. The average molecular weight is 359 g/mol. The van der Waals surface area contributed by atoms with E-state index in [-0.39, 0.29) is 30.2 Å². The summed E-state index contributed by atoms with van der Waals surface area (Å²) in [6, 6.07) is 6.10. The summed E-state index contributed by atoms with van der Waals surface area (Å²) in [4.78, 5) is 14.1. The van der Waals surface area contributed by atoms with Gasteiger partial charge in [-0.2, -0.15) is 0 Å². The summed E-state index contributed by atoms with van der Waals surface area (Å²) >= 11 is 0. The Morgan fingerprint density at radius 2 is 1.75 bits per heavy atom.